The molecule has 2 unspecified atom stereocenters. The van der Waals surface area contributed by atoms with E-state index in [2.05, 4.69) is 10.6 Å². The molecular weight excluding hydrogens is 198 g/mol. The molecule has 86 valence electrons. The summed E-state index contributed by atoms with van der Waals surface area (Å²) in [5.41, 5.74) is 5.24. The van der Waals surface area contributed by atoms with E-state index < -0.39 is 12.0 Å². The first-order valence-corrected chi connectivity index (χ1v) is 5.08. The van der Waals surface area contributed by atoms with Gasteiger partial charge in [-0.2, -0.15) is 0 Å². The Morgan fingerprint density at radius 1 is 1.60 bits per heavy atom. The van der Waals surface area contributed by atoms with Gasteiger partial charge >= 0.3 is 5.97 Å². The molecule has 1 saturated heterocycles. The lowest BCUT2D eigenvalue weighted by Gasteiger charge is -2.11. The highest BCUT2D eigenvalue weighted by Crippen LogP contribution is 2.07. The molecule has 0 radical (unpaired) electrons. The first kappa shape index (κ1) is 11.9. The van der Waals surface area contributed by atoms with Gasteiger partial charge in [-0.25, -0.2) is 0 Å². The predicted molar refractivity (Wildman–Crippen MR) is 54.3 cm³/mol. The van der Waals surface area contributed by atoms with E-state index >= 15 is 0 Å². The number of carbonyl (C=O) groups is 2. The number of aliphatic carboxylic acids is 1. The van der Waals surface area contributed by atoms with Gasteiger partial charge in [0, 0.05) is 19.0 Å². The molecule has 0 bridgehead atoms. The van der Waals surface area contributed by atoms with Gasteiger partial charge < -0.3 is 21.5 Å². The summed E-state index contributed by atoms with van der Waals surface area (Å²) >= 11 is 0. The number of hydrogen-bond acceptors (Lipinski definition) is 4. The highest BCUT2D eigenvalue weighted by atomic mass is 16.4. The van der Waals surface area contributed by atoms with E-state index in [1.54, 1.807) is 0 Å². The van der Waals surface area contributed by atoms with Gasteiger partial charge in [0.15, 0.2) is 0 Å². The second kappa shape index (κ2) is 5.67. The molecule has 15 heavy (non-hydrogen) atoms. The van der Waals surface area contributed by atoms with Crippen LogP contribution in [-0.2, 0) is 9.59 Å². The van der Waals surface area contributed by atoms with Crippen LogP contribution < -0.4 is 16.4 Å². The van der Waals surface area contributed by atoms with Crippen LogP contribution in [-0.4, -0.2) is 42.2 Å². The molecule has 6 nitrogen and oxygen atoms in total. The van der Waals surface area contributed by atoms with Crippen molar-refractivity contribution < 1.29 is 14.7 Å². The standard InChI is InChI=1S/C9H17N3O3/c10-7(9(14)15)5-12-8(13)4-6-2-1-3-11-6/h6-7,11H,1-5,10H2,(H,12,13)(H,14,15). The molecule has 6 heteroatoms. The minimum atomic E-state index is -1.10. The zero-order chi connectivity index (χ0) is 11.3. The Kier molecular flexibility index (Phi) is 4.51. The quantitative estimate of drug-likeness (QED) is 0.454. The van der Waals surface area contributed by atoms with Crippen LogP contribution in [0.15, 0.2) is 0 Å². The Hall–Kier alpha value is -1.14. The van der Waals surface area contributed by atoms with Gasteiger partial charge in [-0.3, -0.25) is 9.59 Å². The summed E-state index contributed by atoms with van der Waals surface area (Å²) in [6.07, 6.45) is 2.48. The fraction of sp³-hybridized carbons (Fsp3) is 0.778. The monoisotopic (exact) mass is 215 g/mol. The Labute approximate surface area is 88.2 Å². The second-order valence-electron chi connectivity index (χ2n) is 3.75. The van der Waals surface area contributed by atoms with Crippen molar-refractivity contribution in [1.29, 1.82) is 0 Å². The molecular formula is C9H17N3O3. The maximum atomic E-state index is 11.3. The lowest BCUT2D eigenvalue weighted by molar-refractivity contribution is -0.138. The van der Waals surface area contributed by atoms with E-state index in [0.717, 1.165) is 19.4 Å². The van der Waals surface area contributed by atoms with Gasteiger partial charge in [-0.05, 0) is 19.4 Å². The summed E-state index contributed by atoms with van der Waals surface area (Å²) in [6, 6.07) is -0.795. The summed E-state index contributed by atoms with van der Waals surface area (Å²) < 4.78 is 0. The smallest absolute Gasteiger partial charge is 0.322 e. The number of rotatable bonds is 5. The average Bonchev–Trinajstić information content (AvgIpc) is 2.66. The van der Waals surface area contributed by atoms with Crippen molar-refractivity contribution in [1.82, 2.24) is 10.6 Å². The highest BCUT2D eigenvalue weighted by molar-refractivity contribution is 5.78. The van der Waals surface area contributed by atoms with Crippen LogP contribution in [0.4, 0.5) is 0 Å². The lowest BCUT2D eigenvalue weighted by Crippen LogP contribution is -2.43. The number of hydrogen-bond donors (Lipinski definition) is 4. The van der Waals surface area contributed by atoms with Crippen molar-refractivity contribution in [3.63, 3.8) is 0 Å². The fourth-order valence-electron chi connectivity index (χ4n) is 1.54. The summed E-state index contributed by atoms with van der Waals surface area (Å²) in [4.78, 5) is 21.7. The van der Waals surface area contributed by atoms with E-state index in [4.69, 9.17) is 10.8 Å². The fourth-order valence-corrected chi connectivity index (χ4v) is 1.54. The van der Waals surface area contributed by atoms with Crippen molar-refractivity contribution in [2.24, 2.45) is 5.73 Å². The molecule has 0 aromatic carbocycles. The van der Waals surface area contributed by atoms with Crippen LogP contribution in [0.3, 0.4) is 0 Å². The zero-order valence-corrected chi connectivity index (χ0v) is 8.53. The number of carboxylic acid groups (broad SMARTS) is 1. The first-order valence-electron chi connectivity index (χ1n) is 5.08. The van der Waals surface area contributed by atoms with E-state index in [0.29, 0.717) is 6.42 Å². The molecule has 0 aromatic rings. The van der Waals surface area contributed by atoms with E-state index in [-0.39, 0.29) is 18.5 Å². The average molecular weight is 215 g/mol. The normalized spacial score (nSPS) is 22.3. The van der Waals surface area contributed by atoms with Gasteiger partial charge in [-0.1, -0.05) is 0 Å². The molecule has 1 amide bonds. The molecule has 1 aliphatic heterocycles. The van der Waals surface area contributed by atoms with Crippen molar-refractivity contribution in [3.05, 3.63) is 0 Å². The molecule has 0 saturated carbocycles. The van der Waals surface area contributed by atoms with Crippen molar-refractivity contribution in [3.8, 4) is 0 Å². The van der Waals surface area contributed by atoms with E-state index in [9.17, 15) is 9.59 Å². The van der Waals surface area contributed by atoms with Gasteiger partial charge in [0.1, 0.15) is 6.04 Å². The first-order chi connectivity index (χ1) is 7.09. The molecule has 1 aliphatic rings. The number of carbonyl (C=O) groups excluding carboxylic acids is 1. The van der Waals surface area contributed by atoms with Crippen LogP contribution in [0, 0.1) is 0 Å². The van der Waals surface area contributed by atoms with Crippen LogP contribution >= 0.6 is 0 Å². The Morgan fingerprint density at radius 3 is 2.87 bits per heavy atom. The number of amides is 1. The number of carboxylic acids is 1. The Morgan fingerprint density at radius 2 is 2.33 bits per heavy atom. The van der Waals surface area contributed by atoms with Crippen LogP contribution in [0.5, 0.6) is 0 Å². The molecule has 2 atom stereocenters. The van der Waals surface area contributed by atoms with Gasteiger partial charge in [0.05, 0.1) is 0 Å². The zero-order valence-electron chi connectivity index (χ0n) is 8.53. The van der Waals surface area contributed by atoms with Crippen molar-refractivity contribution in [2.45, 2.75) is 31.3 Å². The van der Waals surface area contributed by atoms with Gasteiger partial charge in [-0.15, -0.1) is 0 Å². The minimum absolute atomic E-state index is 0.0130. The van der Waals surface area contributed by atoms with Crippen LogP contribution in [0.1, 0.15) is 19.3 Å². The lowest BCUT2D eigenvalue weighted by atomic mass is 10.1. The van der Waals surface area contributed by atoms with Gasteiger partial charge in [0.2, 0.25) is 5.91 Å². The molecule has 1 heterocycles. The maximum Gasteiger partial charge on any atom is 0.322 e. The Balaban J connectivity index is 2.15. The summed E-state index contributed by atoms with van der Waals surface area (Å²) in [5.74, 6) is -1.25. The molecule has 5 N–H and O–H groups in total. The SMILES string of the molecule is NC(CNC(=O)CC1CCCN1)C(=O)O. The molecule has 0 aromatic heterocycles. The molecule has 0 aliphatic carbocycles. The largest absolute Gasteiger partial charge is 0.480 e. The molecule has 1 fully saturated rings. The number of nitrogens with one attached hydrogen (secondary N) is 2. The summed E-state index contributed by atoms with van der Waals surface area (Å²) in [5, 5.41) is 14.2. The maximum absolute atomic E-state index is 11.3. The van der Waals surface area contributed by atoms with E-state index in [1.165, 1.54) is 0 Å². The van der Waals surface area contributed by atoms with Crippen molar-refractivity contribution >= 4 is 11.9 Å². The van der Waals surface area contributed by atoms with Gasteiger partial charge in [0.25, 0.3) is 0 Å². The molecule has 1 rings (SSSR count). The van der Waals surface area contributed by atoms with Crippen LogP contribution in [0.25, 0.3) is 0 Å². The van der Waals surface area contributed by atoms with Crippen LogP contribution in [0.2, 0.25) is 0 Å². The summed E-state index contributed by atoms with van der Waals surface area (Å²) in [7, 11) is 0. The third kappa shape index (κ3) is 4.26. The molecule has 0 spiro atoms. The minimum Gasteiger partial charge on any atom is -0.480 e. The number of nitrogens with two attached hydrogens (primary N) is 1. The summed E-state index contributed by atoms with van der Waals surface area (Å²) in [6.45, 7) is 0.938. The third-order valence-corrected chi connectivity index (χ3v) is 2.43. The second-order valence-corrected chi connectivity index (χ2v) is 3.75. The third-order valence-electron chi connectivity index (χ3n) is 2.43. The topological polar surface area (TPSA) is 104 Å². The van der Waals surface area contributed by atoms with E-state index in [1.807, 2.05) is 0 Å². The highest BCUT2D eigenvalue weighted by Gasteiger charge is 2.18. The Bertz CT molecular complexity index is 239. The predicted octanol–water partition coefficient (Wildman–Crippen LogP) is -1.34. The van der Waals surface area contributed by atoms with Crippen molar-refractivity contribution in [2.75, 3.05) is 13.1 Å².